The van der Waals surface area contributed by atoms with Crippen molar-refractivity contribution in [3.63, 3.8) is 0 Å². The van der Waals surface area contributed by atoms with E-state index < -0.39 is 6.10 Å². The molecule has 1 saturated heterocycles. The largest absolute Gasteiger partial charge is 0.480 e. The van der Waals surface area contributed by atoms with Gasteiger partial charge in [-0.25, -0.2) is 0 Å². The fourth-order valence-corrected chi connectivity index (χ4v) is 2.80. The predicted octanol–water partition coefficient (Wildman–Crippen LogP) is 2.75. The average Bonchev–Trinajstić information content (AvgIpc) is 3.04. The van der Waals surface area contributed by atoms with Crippen molar-refractivity contribution in [3.05, 3.63) is 29.8 Å². The van der Waals surface area contributed by atoms with Crippen LogP contribution >= 0.6 is 0 Å². The van der Waals surface area contributed by atoms with Crippen LogP contribution in [0, 0.1) is 6.92 Å². The Kier molecular flexibility index (Phi) is 6.72. The lowest BCUT2D eigenvalue weighted by atomic mass is 10.2. The number of rotatable bonds is 8. The van der Waals surface area contributed by atoms with Gasteiger partial charge in [0, 0.05) is 6.54 Å². The third-order valence-corrected chi connectivity index (χ3v) is 4.18. The number of nitrogens with zero attached hydrogens (tertiary/aromatic N) is 1. The number of aryl methyl sites for hydroxylation is 1. The second-order valence-corrected chi connectivity index (χ2v) is 5.97. The van der Waals surface area contributed by atoms with Crippen molar-refractivity contribution < 1.29 is 9.53 Å². The monoisotopic (exact) mass is 304 g/mol. The second kappa shape index (κ2) is 8.79. The van der Waals surface area contributed by atoms with Gasteiger partial charge < -0.3 is 15.0 Å². The lowest BCUT2D eigenvalue weighted by molar-refractivity contribution is -0.128. The summed E-state index contributed by atoms with van der Waals surface area (Å²) in [5.74, 6) is 0.786. The van der Waals surface area contributed by atoms with Crippen LogP contribution in [0.5, 0.6) is 5.75 Å². The number of carbonyl (C=O) groups is 1. The summed E-state index contributed by atoms with van der Waals surface area (Å²) in [5, 5.41) is 3.01. The van der Waals surface area contributed by atoms with Crippen LogP contribution in [0.3, 0.4) is 0 Å². The Morgan fingerprint density at radius 2 is 2.05 bits per heavy atom. The van der Waals surface area contributed by atoms with Crippen LogP contribution in [-0.2, 0) is 4.79 Å². The molecule has 1 amide bonds. The van der Waals surface area contributed by atoms with Gasteiger partial charge in [-0.05, 0) is 63.9 Å². The summed E-state index contributed by atoms with van der Waals surface area (Å²) in [4.78, 5) is 14.7. The van der Waals surface area contributed by atoms with Crippen molar-refractivity contribution in [2.75, 3.05) is 26.2 Å². The molecule has 0 spiro atoms. The van der Waals surface area contributed by atoms with Crippen molar-refractivity contribution >= 4 is 5.91 Å². The summed E-state index contributed by atoms with van der Waals surface area (Å²) < 4.78 is 5.86. The SMILES string of the molecule is CC[C@@H](Oc1ccccc1C)C(=O)NCCCN1CCCC1. The molecule has 4 heteroatoms. The van der Waals surface area contributed by atoms with Crippen molar-refractivity contribution in [2.24, 2.45) is 0 Å². The lowest BCUT2D eigenvalue weighted by Crippen LogP contribution is -2.39. The summed E-state index contributed by atoms with van der Waals surface area (Å²) in [6.45, 7) is 8.20. The highest BCUT2D eigenvalue weighted by Crippen LogP contribution is 2.18. The quantitative estimate of drug-likeness (QED) is 0.751. The van der Waals surface area contributed by atoms with Gasteiger partial charge in [0.1, 0.15) is 5.75 Å². The van der Waals surface area contributed by atoms with E-state index in [1.165, 1.54) is 25.9 Å². The van der Waals surface area contributed by atoms with E-state index in [0.717, 1.165) is 30.8 Å². The molecule has 22 heavy (non-hydrogen) atoms. The van der Waals surface area contributed by atoms with E-state index >= 15 is 0 Å². The smallest absolute Gasteiger partial charge is 0.261 e. The predicted molar refractivity (Wildman–Crippen MR) is 89.2 cm³/mol. The Balaban J connectivity index is 1.73. The minimum absolute atomic E-state index is 0.00725. The molecule has 1 aliphatic heterocycles. The first-order chi connectivity index (χ1) is 10.7. The fraction of sp³-hybridized carbons (Fsp3) is 0.611. The summed E-state index contributed by atoms with van der Waals surface area (Å²) in [6.07, 6.45) is 3.90. The zero-order valence-electron chi connectivity index (χ0n) is 13.8. The number of likely N-dealkylation sites (tertiary alicyclic amines) is 1. The zero-order chi connectivity index (χ0) is 15.8. The van der Waals surface area contributed by atoms with Gasteiger partial charge in [-0.15, -0.1) is 0 Å². The van der Waals surface area contributed by atoms with Gasteiger partial charge in [0.2, 0.25) is 0 Å². The Morgan fingerprint density at radius 1 is 1.32 bits per heavy atom. The average molecular weight is 304 g/mol. The number of nitrogens with one attached hydrogen (secondary N) is 1. The highest BCUT2D eigenvalue weighted by Gasteiger charge is 2.18. The van der Waals surface area contributed by atoms with Gasteiger partial charge >= 0.3 is 0 Å². The van der Waals surface area contributed by atoms with E-state index in [1.807, 2.05) is 38.1 Å². The number of hydrogen-bond acceptors (Lipinski definition) is 3. The second-order valence-electron chi connectivity index (χ2n) is 5.97. The molecule has 0 saturated carbocycles. The third kappa shape index (κ3) is 5.02. The highest BCUT2D eigenvalue weighted by atomic mass is 16.5. The Bertz CT molecular complexity index is 470. The zero-order valence-corrected chi connectivity index (χ0v) is 13.8. The molecule has 1 aromatic rings. The van der Waals surface area contributed by atoms with Crippen LogP contribution in [0.25, 0.3) is 0 Å². The number of amides is 1. The molecule has 1 N–H and O–H groups in total. The Labute approximate surface area is 133 Å². The van der Waals surface area contributed by atoms with Crippen LogP contribution in [0.4, 0.5) is 0 Å². The molecule has 1 atom stereocenters. The van der Waals surface area contributed by atoms with Crippen molar-refractivity contribution in [1.82, 2.24) is 10.2 Å². The van der Waals surface area contributed by atoms with Crippen LogP contribution in [0.1, 0.15) is 38.2 Å². The maximum Gasteiger partial charge on any atom is 0.261 e. The first kappa shape index (κ1) is 16.8. The molecule has 4 nitrogen and oxygen atoms in total. The molecule has 0 aromatic heterocycles. The first-order valence-corrected chi connectivity index (χ1v) is 8.43. The van der Waals surface area contributed by atoms with Crippen LogP contribution in [-0.4, -0.2) is 43.1 Å². The molecule has 0 bridgehead atoms. The van der Waals surface area contributed by atoms with Gasteiger partial charge in [-0.1, -0.05) is 25.1 Å². The van der Waals surface area contributed by atoms with Crippen LogP contribution < -0.4 is 10.1 Å². The number of hydrogen-bond donors (Lipinski definition) is 1. The first-order valence-electron chi connectivity index (χ1n) is 8.43. The minimum Gasteiger partial charge on any atom is -0.480 e. The number of ether oxygens (including phenoxy) is 1. The van der Waals surface area contributed by atoms with E-state index in [2.05, 4.69) is 10.2 Å². The van der Waals surface area contributed by atoms with Gasteiger partial charge in [0.15, 0.2) is 6.10 Å². The molecule has 1 heterocycles. The summed E-state index contributed by atoms with van der Waals surface area (Å²) in [5.41, 5.74) is 1.06. The van der Waals surface area contributed by atoms with E-state index in [4.69, 9.17) is 4.74 Å². The maximum atomic E-state index is 12.2. The van der Waals surface area contributed by atoms with Crippen molar-refractivity contribution in [1.29, 1.82) is 0 Å². The highest BCUT2D eigenvalue weighted by molar-refractivity contribution is 5.81. The summed E-state index contributed by atoms with van der Waals surface area (Å²) in [6, 6.07) is 7.82. The van der Waals surface area contributed by atoms with Crippen molar-refractivity contribution in [3.8, 4) is 5.75 Å². The fourth-order valence-electron chi connectivity index (χ4n) is 2.80. The molecule has 0 aliphatic carbocycles. The van der Waals surface area contributed by atoms with E-state index in [9.17, 15) is 4.79 Å². The molecule has 1 aliphatic rings. The van der Waals surface area contributed by atoms with Crippen LogP contribution in [0.2, 0.25) is 0 Å². The molecule has 122 valence electrons. The molecular formula is C18H28N2O2. The maximum absolute atomic E-state index is 12.2. The normalized spacial score (nSPS) is 16.5. The standard InChI is InChI=1S/C18H28N2O2/c1-3-16(22-17-10-5-4-9-15(17)2)18(21)19-11-8-14-20-12-6-7-13-20/h4-5,9-10,16H,3,6-8,11-14H2,1-2H3,(H,19,21)/t16-/m1/s1. The van der Waals surface area contributed by atoms with Crippen molar-refractivity contribution in [2.45, 2.75) is 45.6 Å². The topological polar surface area (TPSA) is 41.6 Å². The van der Waals surface area contributed by atoms with E-state index in [-0.39, 0.29) is 5.91 Å². The Morgan fingerprint density at radius 3 is 2.73 bits per heavy atom. The third-order valence-electron chi connectivity index (χ3n) is 4.18. The van der Waals surface area contributed by atoms with Gasteiger partial charge in [-0.2, -0.15) is 0 Å². The number of para-hydroxylation sites is 1. The number of carbonyl (C=O) groups excluding carboxylic acids is 1. The Hall–Kier alpha value is -1.55. The minimum atomic E-state index is -0.409. The summed E-state index contributed by atoms with van der Waals surface area (Å²) in [7, 11) is 0. The van der Waals surface area contributed by atoms with Gasteiger partial charge in [0.25, 0.3) is 5.91 Å². The molecule has 0 radical (unpaired) electrons. The van der Waals surface area contributed by atoms with Gasteiger partial charge in [-0.3, -0.25) is 4.79 Å². The van der Waals surface area contributed by atoms with Crippen LogP contribution in [0.15, 0.2) is 24.3 Å². The van der Waals surface area contributed by atoms with Gasteiger partial charge in [0.05, 0.1) is 0 Å². The molecule has 2 rings (SSSR count). The lowest BCUT2D eigenvalue weighted by Gasteiger charge is -2.19. The molecule has 1 fully saturated rings. The number of benzene rings is 1. The molecule has 0 unspecified atom stereocenters. The summed E-state index contributed by atoms with van der Waals surface area (Å²) >= 11 is 0. The van der Waals surface area contributed by atoms with E-state index in [0.29, 0.717) is 6.42 Å². The molecule has 1 aromatic carbocycles. The molecular weight excluding hydrogens is 276 g/mol. The van der Waals surface area contributed by atoms with E-state index in [1.54, 1.807) is 0 Å².